The van der Waals surface area contributed by atoms with Crippen LogP contribution in [0.4, 0.5) is 5.82 Å². The van der Waals surface area contributed by atoms with Crippen LogP contribution in [-0.4, -0.2) is 41.5 Å². The second kappa shape index (κ2) is 7.22. The van der Waals surface area contributed by atoms with Crippen molar-refractivity contribution in [3.8, 4) is 0 Å². The van der Waals surface area contributed by atoms with E-state index in [1.165, 1.54) is 0 Å². The van der Waals surface area contributed by atoms with Gasteiger partial charge in [0.2, 0.25) is 0 Å². The summed E-state index contributed by atoms with van der Waals surface area (Å²) < 4.78 is 0. The van der Waals surface area contributed by atoms with Crippen molar-refractivity contribution in [3.63, 3.8) is 0 Å². The van der Waals surface area contributed by atoms with Crippen molar-refractivity contribution < 1.29 is 0 Å². The molecule has 0 radical (unpaired) electrons. The molecule has 0 aliphatic rings. The summed E-state index contributed by atoms with van der Waals surface area (Å²) in [7, 11) is 1.90. The van der Waals surface area contributed by atoms with Crippen molar-refractivity contribution in [3.05, 3.63) is 17.6 Å². The summed E-state index contributed by atoms with van der Waals surface area (Å²) >= 11 is 0. The van der Waals surface area contributed by atoms with Gasteiger partial charge in [-0.15, -0.1) is 0 Å². The van der Waals surface area contributed by atoms with Crippen molar-refractivity contribution >= 4 is 5.82 Å². The first-order valence-electron chi connectivity index (χ1n) is 6.50. The average molecular weight is 236 g/mol. The molecular formula is C13H24N4. The maximum atomic E-state index is 4.56. The van der Waals surface area contributed by atoms with Crippen LogP contribution in [0.5, 0.6) is 0 Å². The van der Waals surface area contributed by atoms with Gasteiger partial charge in [-0.25, -0.2) is 9.97 Å². The molecule has 1 aromatic rings. The standard InChI is InChI=1S/C13H24N4/c1-5-11-10-13(14-4)16-12(15-11)8-9-17(6-2)7-3/h10H,5-9H2,1-4H3,(H,14,15,16). The van der Waals surface area contributed by atoms with Crippen LogP contribution in [0.3, 0.4) is 0 Å². The Hall–Kier alpha value is -1.16. The molecule has 0 bridgehead atoms. The third-order valence-electron chi connectivity index (χ3n) is 2.99. The van der Waals surface area contributed by atoms with Gasteiger partial charge < -0.3 is 10.2 Å². The molecule has 17 heavy (non-hydrogen) atoms. The monoisotopic (exact) mass is 236 g/mol. The first kappa shape index (κ1) is 13.9. The van der Waals surface area contributed by atoms with Crippen LogP contribution in [0, 0.1) is 0 Å². The molecule has 0 aliphatic carbocycles. The summed E-state index contributed by atoms with van der Waals surface area (Å²) in [6.07, 6.45) is 1.87. The summed E-state index contributed by atoms with van der Waals surface area (Å²) in [5.74, 6) is 1.87. The number of aryl methyl sites for hydroxylation is 1. The van der Waals surface area contributed by atoms with Crippen molar-refractivity contribution in [1.82, 2.24) is 14.9 Å². The van der Waals surface area contributed by atoms with Gasteiger partial charge in [0.25, 0.3) is 0 Å². The van der Waals surface area contributed by atoms with E-state index in [0.29, 0.717) is 0 Å². The Morgan fingerprint density at radius 3 is 2.41 bits per heavy atom. The summed E-state index contributed by atoms with van der Waals surface area (Å²) in [6.45, 7) is 9.70. The quantitative estimate of drug-likeness (QED) is 0.786. The molecule has 0 spiro atoms. The van der Waals surface area contributed by atoms with Crippen LogP contribution in [-0.2, 0) is 12.8 Å². The number of nitrogens with zero attached hydrogens (tertiary/aromatic N) is 3. The smallest absolute Gasteiger partial charge is 0.132 e. The third-order valence-corrected chi connectivity index (χ3v) is 2.99. The SMILES string of the molecule is CCc1cc(NC)nc(CCN(CC)CC)n1. The van der Waals surface area contributed by atoms with E-state index in [0.717, 1.165) is 49.8 Å². The molecule has 0 atom stereocenters. The number of nitrogens with one attached hydrogen (secondary N) is 1. The van der Waals surface area contributed by atoms with E-state index < -0.39 is 0 Å². The largest absolute Gasteiger partial charge is 0.373 e. The fourth-order valence-corrected chi connectivity index (χ4v) is 1.77. The van der Waals surface area contributed by atoms with Crippen molar-refractivity contribution in [2.24, 2.45) is 0 Å². The zero-order valence-corrected chi connectivity index (χ0v) is 11.5. The number of hydrogen-bond acceptors (Lipinski definition) is 4. The number of anilines is 1. The molecule has 0 amide bonds. The van der Waals surface area contributed by atoms with E-state index in [4.69, 9.17) is 0 Å². The fraction of sp³-hybridized carbons (Fsp3) is 0.692. The van der Waals surface area contributed by atoms with E-state index in [9.17, 15) is 0 Å². The summed E-state index contributed by atoms with van der Waals surface area (Å²) in [5, 5.41) is 3.09. The minimum absolute atomic E-state index is 0.921. The number of aromatic nitrogens is 2. The van der Waals surface area contributed by atoms with Crippen LogP contribution in [0.15, 0.2) is 6.07 Å². The number of rotatable bonds is 7. The molecule has 96 valence electrons. The molecule has 0 fully saturated rings. The van der Waals surface area contributed by atoms with Gasteiger partial charge in [0.15, 0.2) is 0 Å². The van der Waals surface area contributed by atoms with Gasteiger partial charge in [0, 0.05) is 31.8 Å². The van der Waals surface area contributed by atoms with Crippen LogP contribution in [0.1, 0.15) is 32.3 Å². The molecule has 4 nitrogen and oxygen atoms in total. The maximum Gasteiger partial charge on any atom is 0.132 e. The predicted octanol–water partition coefficient (Wildman–Crippen LogP) is 1.96. The van der Waals surface area contributed by atoms with Crippen LogP contribution >= 0.6 is 0 Å². The van der Waals surface area contributed by atoms with Gasteiger partial charge in [-0.05, 0) is 19.5 Å². The highest BCUT2D eigenvalue weighted by molar-refractivity contribution is 5.35. The third kappa shape index (κ3) is 4.30. The minimum atomic E-state index is 0.921. The molecule has 0 unspecified atom stereocenters. The molecule has 0 saturated carbocycles. The second-order valence-corrected chi connectivity index (χ2v) is 4.04. The lowest BCUT2D eigenvalue weighted by Crippen LogP contribution is -2.26. The summed E-state index contributed by atoms with van der Waals surface area (Å²) in [5.41, 5.74) is 1.11. The zero-order chi connectivity index (χ0) is 12.7. The maximum absolute atomic E-state index is 4.56. The molecule has 1 rings (SSSR count). The first-order chi connectivity index (χ1) is 8.23. The van der Waals surface area contributed by atoms with E-state index in [1.807, 2.05) is 13.1 Å². The van der Waals surface area contributed by atoms with E-state index in [1.54, 1.807) is 0 Å². The van der Waals surface area contributed by atoms with E-state index in [-0.39, 0.29) is 0 Å². The lowest BCUT2D eigenvalue weighted by Gasteiger charge is -2.17. The first-order valence-corrected chi connectivity index (χ1v) is 6.50. The average Bonchev–Trinajstić information content (AvgIpc) is 2.39. The van der Waals surface area contributed by atoms with E-state index >= 15 is 0 Å². The van der Waals surface area contributed by atoms with Gasteiger partial charge in [0.1, 0.15) is 11.6 Å². The normalized spacial score (nSPS) is 10.9. The predicted molar refractivity (Wildman–Crippen MR) is 72.4 cm³/mol. The number of hydrogen-bond donors (Lipinski definition) is 1. The lowest BCUT2D eigenvalue weighted by atomic mass is 10.3. The highest BCUT2D eigenvalue weighted by Gasteiger charge is 2.05. The van der Waals surface area contributed by atoms with Crippen LogP contribution in [0.2, 0.25) is 0 Å². The van der Waals surface area contributed by atoms with E-state index in [2.05, 4.69) is 41.0 Å². The van der Waals surface area contributed by atoms with Crippen LogP contribution < -0.4 is 5.32 Å². The summed E-state index contributed by atoms with van der Waals surface area (Å²) in [4.78, 5) is 11.4. The fourth-order valence-electron chi connectivity index (χ4n) is 1.77. The molecule has 1 heterocycles. The van der Waals surface area contributed by atoms with Gasteiger partial charge in [0.05, 0.1) is 0 Å². The minimum Gasteiger partial charge on any atom is -0.373 e. The van der Waals surface area contributed by atoms with Crippen molar-refractivity contribution in [2.75, 3.05) is 32.0 Å². The van der Waals surface area contributed by atoms with Crippen molar-refractivity contribution in [1.29, 1.82) is 0 Å². The summed E-state index contributed by atoms with van der Waals surface area (Å²) in [6, 6.07) is 2.01. The lowest BCUT2D eigenvalue weighted by molar-refractivity contribution is 0.305. The Balaban J connectivity index is 2.69. The Morgan fingerprint density at radius 1 is 1.18 bits per heavy atom. The Bertz CT molecular complexity index is 312. The molecule has 0 aliphatic heterocycles. The molecular weight excluding hydrogens is 212 g/mol. The highest BCUT2D eigenvalue weighted by atomic mass is 15.1. The van der Waals surface area contributed by atoms with Gasteiger partial charge >= 0.3 is 0 Å². The molecule has 4 heteroatoms. The van der Waals surface area contributed by atoms with Gasteiger partial charge in [-0.2, -0.15) is 0 Å². The zero-order valence-electron chi connectivity index (χ0n) is 11.5. The molecule has 1 aromatic heterocycles. The van der Waals surface area contributed by atoms with Gasteiger partial charge in [-0.1, -0.05) is 20.8 Å². The highest BCUT2D eigenvalue weighted by Crippen LogP contribution is 2.07. The van der Waals surface area contributed by atoms with Gasteiger partial charge in [-0.3, -0.25) is 0 Å². The Kier molecular flexibility index (Phi) is 5.91. The molecule has 1 N–H and O–H groups in total. The second-order valence-electron chi connectivity index (χ2n) is 4.04. The topological polar surface area (TPSA) is 41.1 Å². The number of likely N-dealkylation sites (N-methyl/N-ethyl adjacent to an activating group) is 1. The molecule has 0 saturated heterocycles. The molecule has 0 aromatic carbocycles. The van der Waals surface area contributed by atoms with Crippen molar-refractivity contribution in [2.45, 2.75) is 33.6 Å². The Labute approximate surface area is 104 Å². The Morgan fingerprint density at radius 2 is 1.88 bits per heavy atom. The van der Waals surface area contributed by atoms with Crippen LogP contribution in [0.25, 0.3) is 0 Å².